The van der Waals surface area contributed by atoms with E-state index in [0.717, 1.165) is 21.7 Å². The molecule has 1 aromatic heterocycles. The molecule has 2 rings (SSSR count). The minimum Gasteiger partial charge on any atom is -0.385 e. The number of carbonyl (C=O) groups is 1. The van der Waals surface area contributed by atoms with Crippen LogP contribution in [0.4, 0.5) is 5.69 Å². The van der Waals surface area contributed by atoms with Gasteiger partial charge in [0, 0.05) is 30.7 Å². The first kappa shape index (κ1) is 16.2. The number of hydrogen-bond acceptors (Lipinski definition) is 4. The quantitative estimate of drug-likeness (QED) is 0.821. The maximum atomic E-state index is 11.9. The highest BCUT2D eigenvalue weighted by atomic mass is 32.1. The smallest absolute Gasteiger partial charge is 0.224 e. The predicted molar refractivity (Wildman–Crippen MR) is 88.9 cm³/mol. The van der Waals surface area contributed by atoms with Gasteiger partial charge in [0.1, 0.15) is 10.9 Å². The van der Waals surface area contributed by atoms with Crippen LogP contribution in [0, 0.1) is 18.3 Å². The van der Waals surface area contributed by atoms with Crippen LogP contribution in [-0.2, 0) is 9.53 Å². The zero-order valence-electron chi connectivity index (χ0n) is 12.7. The summed E-state index contributed by atoms with van der Waals surface area (Å²) in [5, 5.41) is 11.9. The van der Waals surface area contributed by atoms with E-state index in [4.69, 9.17) is 10.00 Å². The summed E-state index contributed by atoms with van der Waals surface area (Å²) in [6, 6.07) is 11.8. The second kappa shape index (κ2) is 7.74. The molecule has 0 atom stereocenters. The Morgan fingerprint density at radius 3 is 2.86 bits per heavy atom. The first-order valence-electron chi connectivity index (χ1n) is 7.04. The van der Waals surface area contributed by atoms with Gasteiger partial charge in [0.05, 0.1) is 0 Å². The molecule has 4 nitrogen and oxygen atoms in total. The van der Waals surface area contributed by atoms with Gasteiger partial charge < -0.3 is 10.1 Å². The summed E-state index contributed by atoms with van der Waals surface area (Å²) < 4.78 is 4.95. The van der Waals surface area contributed by atoms with E-state index in [9.17, 15) is 4.79 Å². The van der Waals surface area contributed by atoms with Crippen molar-refractivity contribution in [2.75, 3.05) is 19.0 Å². The number of thiophene rings is 1. The lowest BCUT2D eigenvalue weighted by Gasteiger charge is -2.10. The van der Waals surface area contributed by atoms with Gasteiger partial charge in [0.15, 0.2) is 0 Å². The second-order valence-electron chi connectivity index (χ2n) is 4.95. The van der Waals surface area contributed by atoms with Gasteiger partial charge >= 0.3 is 0 Å². The van der Waals surface area contributed by atoms with E-state index < -0.39 is 0 Å². The number of rotatable bonds is 6. The molecule has 5 heteroatoms. The van der Waals surface area contributed by atoms with E-state index in [-0.39, 0.29) is 5.91 Å². The number of nitriles is 1. The van der Waals surface area contributed by atoms with E-state index in [1.807, 2.05) is 37.3 Å². The minimum atomic E-state index is -0.0128. The fourth-order valence-electron chi connectivity index (χ4n) is 2.05. The molecule has 0 aliphatic heterocycles. The Bertz CT molecular complexity index is 701. The standard InChI is InChI=1S/C17H18N2O2S/c1-12-5-6-13(16-8-7-14(11-18)22-16)10-15(12)19-17(20)4-3-9-21-2/h5-8,10H,3-4,9H2,1-2H3,(H,19,20). The Labute approximate surface area is 134 Å². The average molecular weight is 314 g/mol. The SMILES string of the molecule is COCCCC(=O)Nc1cc(-c2ccc(C#N)s2)ccc1C. The molecule has 0 aliphatic carbocycles. The fraction of sp³-hybridized carbons (Fsp3) is 0.294. The van der Waals surface area contributed by atoms with Crippen LogP contribution in [0.25, 0.3) is 10.4 Å². The topological polar surface area (TPSA) is 62.1 Å². The minimum absolute atomic E-state index is 0.0128. The van der Waals surface area contributed by atoms with Crippen molar-refractivity contribution in [3.8, 4) is 16.5 Å². The highest BCUT2D eigenvalue weighted by Gasteiger charge is 2.08. The average Bonchev–Trinajstić information content (AvgIpc) is 2.99. The van der Waals surface area contributed by atoms with Crippen LogP contribution in [0.5, 0.6) is 0 Å². The van der Waals surface area contributed by atoms with Gasteiger partial charge in [0.25, 0.3) is 0 Å². The van der Waals surface area contributed by atoms with E-state index in [2.05, 4.69) is 11.4 Å². The van der Waals surface area contributed by atoms with Crippen LogP contribution in [0.3, 0.4) is 0 Å². The lowest BCUT2D eigenvalue weighted by atomic mass is 10.1. The van der Waals surface area contributed by atoms with Crippen LogP contribution < -0.4 is 5.32 Å². The molecule has 0 aliphatic rings. The molecule has 0 unspecified atom stereocenters. The maximum Gasteiger partial charge on any atom is 0.224 e. The van der Waals surface area contributed by atoms with E-state index in [0.29, 0.717) is 24.3 Å². The fourth-order valence-corrected chi connectivity index (χ4v) is 2.85. The molecule has 2 aromatic rings. The molecular weight excluding hydrogens is 296 g/mol. The zero-order valence-corrected chi connectivity index (χ0v) is 13.5. The summed E-state index contributed by atoms with van der Waals surface area (Å²) in [7, 11) is 1.63. The normalized spacial score (nSPS) is 10.2. The van der Waals surface area contributed by atoms with Crippen LogP contribution in [0.2, 0.25) is 0 Å². The highest BCUT2D eigenvalue weighted by Crippen LogP contribution is 2.30. The van der Waals surface area contributed by atoms with Crippen LogP contribution >= 0.6 is 11.3 Å². The lowest BCUT2D eigenvalue weighted by Crippen LogP contribution is -2.13. The molecule has 0 saturated heterocycles. The van der Waals surface area contributed by atoms with E-state index in [1.165, 1.54) is 11.3 Å². The Morgan fingerprint density at radius 1 is 1.36 bits per heavy atom. The molecule has 0 bridgehead atoms. The van der Waals surface area contributed by atoms with Crippen molar-refractivity contribution in [1.29, 1.82) is 5.26 Å². The maximum absolute atomic E-state index is 11.9. The summed E-state index contributed by atoms with van der Waals surface area (Å²) in [6.45, 7) is 2.54. The van der Waals surface area contributed by atoms with Gasteiger partial charge in [-0.1, -0.05) is 12.1 Å². The number of carbonyl (C=O) groups excluding carboxylic acids is 1. The molecule has 0 spiro atoms. The van der Waals surface area contributed by atoms with Crippen LogP contribution in [0.15, 0.2) is 30.3 Å². The van der Waals surface area contributed by atoms with Crippen molar-refractivity contribution in [3.05, 3.63) is 40.8 Å². The van der Waals surface area contributed by atoms with Gasteiger partial charge in [0.2, 0.25) is 5.91 Å². The molecule has 114 valence electrons. The van der Waals surface area contributed by atoms with Gasteiger partial charge in [-0.15, -0.1) is 11.3 Å². The van der Waals surface area contributed by atoms with Crippen molar-refractivity contribution >= 4 is 22.9 Å². The zero-order chi connectivity index (χ0) is 15.9. The molecule has 0 radical (unpaired) electrons. The number of methoxy groups -OCH3 is 1. The number of aryl methyl sites for hydroxylation is 1. The first-order valence-corrected chi connectivity index (χ1v) is 7.85. The Morgan fingerprint density at radius 2 is 2.18 bits per heavy atom. The Balaban J connectivity index is 2.13. The number of amides is 1. The Hall–Kier alpha value is -2.16. The van der Waals surface area contributed by atoms with Gasteiger partial charge in [-0.05, 0) is 42.7 Å². The van der Waals surface area contributed by atoms with Crippen molar-refractivity contribution < 1.29 is 9.53 Å². The van der Waals surface area contributed by atoms with Crippen molar-refractivity contribution in [2.45, 2.75) is 19.8 Å². The number of nitrogens with zero attached hydrogens (tertiary/aromatic N) is 1. The molecule has 22 heavy (non-hydrogen) atoms. The van der Waals surface area contributed by atoms with Crippen molar-refractivity contribution in [2.24, 2.45) is 0 Å². The molecule has 1 N–H and O–H groups in total. The highest BCUT2D eigenvalue weighted by molar-refractivity contribution is 7.16. The first-order chi connectivity index (χ1) is 10.6. The van der Waals surface area contributed by atoms with Gasteiger partial charge in [-0.3, -0.25) is 4.79 Å². The molecule has 0 saturated carbocycles. The van der Waals surface area contributed by atoms with E-state index in [1.54, 1.807) is 7.11 Å². The third kappa shape index (κ3) is 4.17. The summed E-state index contributed by atoms with van der Waals surface area (Å²) in [5.41, 5.74) is 2.83. The summed E-state index contributed by atoms with van der Waals surface area (Å²) in [6.07, 6.45) is 1.15. The lowest BCUT2D eigenvalue weighted by molar-refractivity contribution is -0.116. The van der Waals surface area contributed by atoms with Crippen LogP contribution in [-0.4, -0.2) is 19.6 Å². The second-order valence-corrected chi connectivity index (χ2v) is 6.03. The monoisotopic (exact) mass is 314 g/mol. The predicted octanol–water partition coefficient (Wildman–Crippen LogP) is 3.96. The molecule has 1 amide bonds. The summed E-state index contributed by atoms with van der Waals surface area (Å²) in [4.78, 5) is 13.6. The molecule has 1 heterocycles. The largest absolute Gasteiger partial charge is 0.385 e. The summed E-state index contributed by atoms with van der Waals surface area (Å²) in [5.74, 6) is -0.0128. The molecule has 0 fully saturated rings. The number of anilines is 1. The number of benzene rings is 1. The molecular formula is C17H18N2O2S. The molecule has 1 aromatic carbocycles. The number of ether oxygens (including phenoxy) is 1. The van der Waals surface area contributed by atoms with Crippen molar-refractivity contribution in [3.63, 3.8) is 0 Å². The van der Waals surface area contributed by atoms with Crippen LogP contribution in [0.1, 0.15) is 23.3 Å². The Kier molecular flexibility index (Phi) is 5.70. The number of nitrogens with one attached hydrogen (secondary N) is 1. The van der Waals surface area contributed by atoms with Gasteiger partial charge in [-0.2, -0.15) is 5.26 Å². The van der Waals surface area contributed by atoms with Gasteiger partial charge in [-0.25, -0.2) is 0 Å². The third-order valence-corrected chi connectivity index (χ3v) is 4.30. The van der Waals surface area contributed by atoms with Crippen molar-refractivity contribution in [1.82, 2.24) is 0 Å². The third-order valence-electron chi connectivity index (χ3n) is 3.26. The number of hydrogen-bond donors (Lipinski definition) is 1. The van der Waals surface area contributed by atoms with E-state index >= 15 is 0 Å². The summed E-state index contributed by atoms with van der Waals surface area (Å²) >= 11 is 1.45.